The number of benzene rings is 3. The molecule has 3 aromatic rings. The number of rotatable bonds is 6. The Balaban J connectivity index is 1.67. The number of carbonyl (C=O) groups excluding carboxylic acids is 3. The van der Waals surface area contributed by atoms with Gasteiger partial charge in [0.15, 0.2) is 0 Å². The van der Waals surface area contributed by atoms with E-state index in [1.165, 1.54) is 43.7 Å². The van der Waals surface area contributed by atoms with Gasteiger partial charge in [-0.15, -0.1) is 0 Å². The summed E-state index contributed by atoms with van der Waals surface area (Å²) in [5, 5.41) is 6.55. The topological polar surface area (TPSA) is 96.9 Å². The average molecular weight is 419 g/mol. The summed E-state index contributed by atoms with van der Waals surface area (Å²) >= 11 is 0. The van der Waals surface area contributed by atoms with Crippen molar-refractivity contribution in [2.75, 3.05) is 12.4 Å². The van der Waals surface area contributed by atoms with Gasteiger partial charge in [0, 0.05) is 5.56 Å². The zero-order valence-corrected chi connectivity index (χ0v) is 16.5. The van der Waals surface area contributed by atoms with Crippen LogP contribution in [0.4, 0.5) is 10.1 Å². The molecule has 0 spiro atoms. The number of hydrazone groups is 1. The fourth-order valence-electron chi connectivity index (χ4n) is 2.63. The summed E-state index contributed by atoms with van der Waals surface area (Å²) in [6.07, 6.45) is 1.42. The summed E-state index contributed by atoms with van der Waals surface area (Å²) in [7, 11) is 1.30. The van der Waals surface area contributed by atoms with Crippen LogP contribution in [0.3, 0.4) is 0 Å². The van der Waals surface area contributed by atoms with Crippen molar-refractivity contribution in [1.82, 2.24) is 5.43 Å². The Labute approximate surface area is 177 Å². The molecule has 7 nitrogen and oxygen atoms in total. The largest absolute Gasteiger partial charge is 0.465 e. The number of methoxy groups -OCH3 is 1. The van der Waals surface area contributed by atoms with E-state index in [2.05, 4.69) is 20.6 Å². The van der Waals surface area contributed by atoms with Crippen LogP contribution in [0.1, 0.15) is 36.6 Å². The number of hydrogen-bond acceptors (Lipinski definition) is 5. The highest BCUT2D eigenvalue weighted by Gasteiger charge is 2.14. The number of halogens is 1. The summed E-state index contributed by atoms with van der Waals surface area (Å²) in [5.74, 6) is -1.91. The van der Waals surface area contributed by atoms with E-state index in [1.54, 1.807) is 42.5 Å². The first-order valence-electron chi connectivity index (χ1n) is 9.15. The number of esters is 1. The fourth-order valence-corrected chi connectivity index (χ4v) is 2.63. The van der Waals surface area contributed by atoms with E-state index in [9.17, 15) is 18.8 Å². The molecule has 2 amide bonds. The lowest BCUT2D eigenvalue weighted by Gasteiger charge is -2.10. The Kier molecular flexibility index (Phi) is 6.85. The molecule has 2 N–H and O–H groups in total. The van der Waals surface area contributed by atoms with Gasteiger partial charge in [0.05, 0.1) is 30.1 Å². The maximum atomic E-state index is 13.0. The van der Waals surface area contributed by atoms with Crippen LogP contribution in [-0.4, -0.2) is 31.1 Å². The van der Waals surface area contributed by atoms with Crippen LogP contribution in [0.2, 0.25) is 0 Å². The molecule has 8 heteroatoms. The minimum absolute atomic E-state index is 0.205. The summed E-state index contributed by atoms with van der Waals surface area (Å²) < 4.78 is 17.7. The highest BCUT2D eigenvalue weighted by Crippen LogP contribution is 2.16. The molecule has 0 saturated heterocycles. The van der Waals surface area contributed by atoms with E-state index in [0.29, 0.717) is 11.1 Å². The van der Waals surface area contributed by atoms with Crippen LogP contribution >= 0.6 is 0 Å². The summed E-state index contributed by atoms with van der Waals surface area (Å²) in [5.41, 5.74) is 4.19. The monoisotopic (exact) mass is 419 g/mol. The van der Waals surface area contributed by atoms with Gasteiger partial charge in [-0.25, -0.2) is 14.6 Å². The molecule has 0 aliphatic rings. The maximum Gasteiger partial charge on any atom is 0.337 e. The van der Waals surface area contributed by atoms with E-state index in [1.807, 2.05) is 0 Å². The average Bonchev–Trinajstić information content (AvgIpc) is 2.79. The standard InChI is InChI=1S/C23H18FN3O4/c1-31-23(30)17-8-6-15(7-9-17)14-25-27-22(29)19-4-2-3-5-20(19)26-21(28)16-10-12-18(24)13-11-16/h2-14H,1H3,(H,26,28)(H,27,29)/b25-14-. The van der Waals surface area contributed by atoms with E-state index >= 15 is 0 Å². The molecular formula is C23H18FN3O4. The highest BCUT2D eigenvalue weighted by atomic mass is 19.1. The molecule has 0 unspecified atom stereocenters. The molecule has 0 aromatic heterocycles. The van der Waals surface area contributed by atoms with Crippen LogP contribution in [0.15, 0.2) is 77.9 Å². The second kappa shape index (κ2) is 9.93. The first kappa shape index (κ1) is 21.4. The molecule has 0 aliphatic carbocycles. The Morgan fingerprint density at radius 2 is 1.52 bits per heavy atom. The van der Waals surface area contributed by atoms with Gasteiger partial charge in [0.25, 0.3) is 11.8 Å². The normalized spacial score (nSPS) is 10.5. The number of hydrogen-bond donors (Lipinski definition) is 2. The predicted octanol–water partition coefficient (Wildman–Crippen LogP) is 3.63. The molecule has 0 saturated carbocycles. The van der Waals surface area contributed by atoms with Gasteiger partial charge in [0.2, 0.25) is 0 Å². The number of nitrogens with one attached hydrogen (secondary N) is 2. The maximum absolute atomic E-state index is 13.0. The van der Waals surface area contributed by atoms with E-state index in [4.69, 9.17) is 0 Å². The van der Waals surface area contributed by atoms with Crippen LogP contribution in [-0.2, 0) is 4.74 Å². The van der Waals surface area contributed by atoms with Crippen molar-refractivity contribution in [2.24, 2.45) is 5.10 Å². The third kappa shape index (κ3) is 5.60. The Morgan fingerprint density at radius 1 is 0.871 bits per heavy atom. The van der Waals surface area contributed by atoms with Crippen LogP contribution < -0.4 is 10.7 Å². The fraction of sp³-hybridized carbons (Fsp3) is 0.0435. The van der Waals surface area contributed by atoms with Crippen LogP contribution in [0.5, 0.6) is 0 Å². The summed E-state index contributed by atoms with van der Waals surface area (Å²) in [4.78, 5) is 36.3. The van der Waals surface area contributed by atoms with Crippen molar-refractivity contribution in [3.8, 4) is 0 Å². The third-order valence-corrected chi connectivity index (χ3v) is 4.24. The predicted molar refractivity (Wildman–Crippen MR) is 114 cm³/mol. The van der Waals surface area contributed by atoms with Gasteiger partial charge in [0.1, 0.15) is 5.82 Å². The minimum Gasteiger partial charge on any atom is -0.465 e. The summed E-state index contributed by atoms with van der Waals surface area (Å²) in [6, 6.07) is 18.0. The third-order valence-electron chi connectivity index (χ3n) is 4.24. The van der Waals surface area contributed by atoms with Crippen molar-refractivity contribution in [1.29, 1.82) is 0 Å². The van der Waals surface area contributed by atoms with E-state index < -0.39 is 23.6 Å². The minimum atomic E-state index is -0.530. The number of ether oxygens (including phenoxy) is 1. The Bertz CT molecular complexity index is 1130. The smallest absolute Gasteiger partial charge is 0.337 e. The first-order chi connectivity index (χ1) is 15.0. The molecule has 0 heterocycles. The lowest BCUT2D eigenvalue weighted by molar-refractivity contribution is 0.0600. The van der Waals surface area contributed by atoms with Gasteiger partial charge in [-0.05, 0) is 54.1 Å². The van der Waals surface area contributed by atoms with Crippen molar-refractivity contribution in [2.45, 2.75) is 0 Å². The van der Waals surface area contributed by atoms with Crippen LogP contribution in [0, 0.1) is 5.82 Å². The quantitative estimate of drug-likeness (QED) is 0.362. The second-order valence-electron chi connectivity index (χ2n) is 6.32. The molecule has 31 heavy (non-hydrogen) atoms. The van der Waals surface area contributed by atoms with Crippen molar-refractivity contribution < 1.29 is 23.5 Å². The molecule has 0 bridgehead atoms. The number of amides is 2. The SMILES string of the molecule is COC(=O)c1ccc(/C=N\NC(=O)c2ccccc2NC(=O)c2ccc(F)cc2)cc1. The van der Waals surface area contributed by atoms with E-state index in [0.717, 1.165) is 0 Å². The molecule has 0 radical (unpaired) electrons. The first-order valence-corrected chi connectivity index (χ1v) is 9.15. The highest BCUT2D eigenvalue weighted by molar-refractivity contribution is 6.09. The zero-order chi connectivity index (χ0) is 22.2. The van der Waals surface area contributed by atoms with Crippen LogP contribution in [0.25, 0.3) is 0 Å². The van der Waals surface area contributed by atoms with Gasteiger partial charge in [-0.3, -0.25) is 9.59 Å². The molecule has 0 fully saturated rings. The molecular weight excluding hydrogens is 401 g/mol. The zero-order valence-electron chi connectivity index (χ0n) is 16.5. The lowest BCUT2D eigenvalue weighted by Crippen LogP contribution is -2.21. The number of para-hydroxylation sites is 1. The molecule has 3 rings (SSSR count). The van der Waals surface area contributed by atoms with Gasteiger partial charge in [-0.1, -0.05) is 24.3 Å². The van der Waals surface area contributed by atoms with Gasteiger partial charge >= 0.3 is 5.97 Å². The van der Waals surface area contributed by atoms with Gasteiger partial charge < -0.3 is 10.1 Å². The van der Waals surface area contributed by atoms with Gasteiger partial charge in [-0.2, -0.15) is 5.10 Å². The Hall–Kier alpha value is -4.33. The number of nitrogens with zero attached hydrogens (tertiary/aromatic N) is 1. The number of carbonyl (C=O) groups is 3. The lowest BCUT2D eigenvalue weighted by atomic mass is 10.1. The van der Waals surface area contributed by atoms with Crippen molar-refractivity contribution >= 4 is 29.7 Å². The van der Waals surface area contributed by atoms with E-state index in [-0.39, 0.29) is 16.8 Å². The van der Waals surface area contributed by atoms with Crippen molar-refractivity contribution in [3.63, 3.8) is 0 Å². The number of anilines is 1. The summed E-state index contributed by atoms with van der Waals surface area (Å²) in [6.45, 7) is 0. The molecule has 3 aromatic carbocycles. The molecule has 156 valence electrons. The molecule has 0 atom stereocenters. The second-order valence-corrected chi connectivity index (χ2v) is 6.32. The molecule has 0 aliphatic heterocycles. The van der Waals surface area contributed by atoms with Crippen molar-refractivity contribution in [3.05, 3.63) is 101 Å². The Morgan fingerprint density at radius 3 is 2.19 bits per heavy atom.